The quantitative estimate of drug-likeness (QED) is 0.408. The van der Waals surface area contributed by atoms with Crippen LogP contribution in [0.3, 0.4) is 0 Å². The Bertz CT molecular complexity index is 1130. The highest BCUT2D eigenvalue weighted by atomic mass is 35.5. The van der Waals surface area contributed by atoms with E-state index in [0.29, 0.717) is 54.0 Å². The minimum atomic E-state index is -0.754. The van der Waals surface area contributed by atoms with Gasteiger partial charge in [-0.15, -0.1) is 0 Å². The van der Waals surface area contributed by atoms with Gasteiger partial charge >= 0.3 is 0 Å². The van der Waals surface area contributed by atoms with Gasteiger partial charge in [-0.25, -0.2) is 0 Å². The molecule has 2 saturated heterocycles. The maximum absolute atomic E-state index is 13.2. The first-order valence-corrected chi connectivity index (χ1v) is 11.1. The number of benzene rings is 2. The summed E-state index contributed by atoms with van der Waals surface area (Å²) in [6, 6.07) is 11.2. The lowest BCUT2D eigenvalue weighted by Gasteiger charge is -2.31. The summed E-state index contributed by atoms with van der Waals surface area (Å²) in [5.74, 6) is -0.595. The van der Waals surface area contributed by atoms with Crippen LogP contribution in [0, 0.1) is 0 Å². The van der Waals surface area contributed by atoms with Gasteiger partial charge in [-0.05, 0) is 35.9 Å². The Morgan fingerprint density at radius 2 is 1.82 bits per heavy atom. The molecule has 0 aliphatic carbocycles. The van der Waals surface area contributed by atoms with Gasteiger partial charge in [-0.3, -0.25) is 14.5 Å². The fraction of sp³-hybridized carbons (Fsp3) is 0.333. The molecule has 3 aliphatic rings. The predicted octanol–water partition coefficient (Wildman–Crippen LogP) is 2.82. The lowest BCUT2D eigenvalue weighted by atomic mass is 9.95. The number of carbonyl (C=O) groups excluding carboxylic acids is 2. The van der Waals surface area contributed by atoms with Crippen molar-refractivity contribution in [2.75, 3.05) is 46.2 Å². The summed E-state index contributed by atoms with van der Waals surface area (Å²) in [4.78, 5) is 29.9. The van der Waals surface area contributed by atoms with E-state index in [2.05, 4.69) is 4.90 Å². The summed E-state index contributed by atoms with van der Waals surface area (Å²) in [7, 11) is 0. The van der Waals surface area contributed by atoms with Crippen molar-refractivity contribution in [1.29, 1.82) is 0 Å². The van der Waals surface area contributed by atoms with Crippen LogP contribution in [0.15, 0.2) is 48.0 Å². The number of aliphatic hydroxyl groups excluding tert-OH is 1. The number of rotatable bonds is 5. The maximum Gasteiger partial charge on any atom is 0.295 e. The highest BCUT2D eigenvalue weighted by molar-refractivity contribution is 6.46. The average molecular weight is 471 g/mol. The van der Waals surface area contributed by atoms with E-state index in [1.165, 1.54) is 4.90 Å². The molecule has 2 aromatic rings. The molecule has 9 heteroatoms. The zero-order valence-electron chi connectivity index (χ0n) is 17.8. The lowest BCUT2D eigenvalue weighted by Crippen LogP contribution is -2.42. The number of ketones is 1. The first-order chi connectivity index (χ1) is 16.0. The first-order valence-electron chi connectivity index (χ1n) is 10.8. The molecule has 1 N–H and O–H groups in total. The van der Waals surface area contributed by atoms with E-state index < -0.39 is 17.7 Å². The fourth-order valence-electron chi connectivity index (χ4n) is 4.41. The van der Waals surface area contributed by atoms with Crippen molar-refractivity contribution in [3.05, 3.63) is 64.2 Å². The molecule has 0 aromatic heterocycles. The monoisotopic (exact) mass is 470 g/mol. The van der Waals surface area contributed by atoms with Crippen LogP contribution in [0.5, 0.6) is 11.5 Å². The summed E-state index contributed by atoms with van der Waals surface area (Å²) in [6.07, 6.45) is 0. The van der Waals surface area contributed by atoms with Crippen molar-refractivity contribution in [2.24, 2.45) is 0 Å². The molecular formula is C24H23ClN2O6. The molecule has 5 rings (SSSR count). The highest BCUT2D eigenvalue weighted by Crippen LogP contribution is 2.41. The second-order valence-electron chi connectivity index (χ2n) is 8.07. The highest BCUT2D eigenvalue weighted by Gasteiger charge is 2.46. The van der Waals surface area contributed by atoms with Gasteiger partial charge in [0.2, 0.25) is 6.79 Å². The third-order valence-corrected chi connectivity index (χ3v) is 6.35. The zero-order valence-corrected chi connectivity index (χ0v) is 18.6. The summed E-state index contributed by atoms with van der Waals surface area (Å²) in [5, 5.41) is 11.7. The van der Waals surface area contributed by atoms with E-state index in [0.717, 1.165) is 13.1 Å². The van der Waals surface area contributed by atoms with Gasteiger partial charge in [0.15, 0.2) is 11.5 Å². The maximum atomic E-state index is 13.2. The van der Waals surface area contributed by atoms with Crippen molar-refractivity contribution < 1.29 is 28.9 Å². The van der Waals surface area contributed by atoms with Crippen LogP contribution in [-0.4, -0.2) is 72.8 Å². The summed E-state index contributed by atoms with van der Waals surface area (Å²) in [5.41, 5.74) is 1.06. The van der Waals surface area contributed by atoms with Gasteiger partial charge in [0.1, 0.15) is 5.76 Å². The number of amides is 1. The molecule has 2 fully saturated rings. The number of aliphatic hydroxyl groups is 1. The number of morpholine rings is 1. The molecule has 0 saturated carbocycles. The Hall–Kier alpha value is -3.07. The van der Waals surface area contributed by atoms with E-state index in [9.17, 15) is 14.7 Å². The van der Waals surface area contributed by atoms with E-state index >= 15 is 0 Å². The minimum Gasteiger partial charge on any atom is -0.507 e. The molecule has 2 aromatic carbocycles. The van der Waals surface area contributed by atoms with E-state index in [1.54, 1.807) is 42.5 Å². The third-order valence-electron chi connectivity index (χ3n) is 6.11. The van der Waals surface area contributed by atoms with Crippen LogP contribution in [0.4, 0.5) is 0 Å². The van der Waals surface area contributed by atoms with Crippen LogP contribution in [0.25, 0.3) is 5.76 Å². The smallest absolute Gasteiger partial charge is 0.295 e. The second kappa shape index (κ2) is 9.05. The van der Waals surface area contributed by atoms with E-state index in [1.807, 2.05) is 0 Å². The number of likely N-dealkylation sites (tertiary alicyclic amines) is 1. The first kappa shape index (κ1) is 21.8. The normalized spacial score (nSPS) is 22.2. The van der Waals surface area contributed by atoms with Gasteiger partial charge < -0.3 is 24.2 Å². The third kappa shape index (κ3) is 4.17. The minimum absolute atomic E-state index is 0.0307. The standard InChI is InChI=1S/C24H23ClN2O6/c25-17-3-1-2-15(12-17)21-20(22(28)16-4-5-18-19(13-16)33-14-32-18)23(29)24(30)27(21)7-6-26-8-10-31-11-9-26/h1-5,12-13,21,28H,6-11,14H2/t21-/m1/s1. The Morgan fingerprint density at radius 3 is 2.61 bits per heavy atom. The van der Waals surface area contributed by atoms with Crippen LogP contribution >= 0.6 is 11.6 Å². The molecule has 1 amide bonds. The number of ether oxygens (including phenoxy) is 3. The summed E-state index contributed by atoms with van der Waals surface area (Å²) < 4.78 is 16.1. The molecule has 3 aliphatic heterocycles. The largest absolute Gasteiger partial charge is 0.507 e. The number of hydrogen-bond acceptors (Lipinski definition) is 7. The SMILES string of the molecule is O=C1C(=O)N(CCN2CCOCC2)[C@H](c2cccc(Cl)c2)C1=C(O)c1ccc2c(c1)OCO2. The zero-order chi connectivity index (χ0) is 22.9. The molecule has 8 nitrogen and oxygen atoms in total. The molecule has 0 radical (unpaired) electrons. The van der Waals surface area contributed by atoms with Crippen molar-refractivity contribution in [2.45, 2.75) is 6.04 Å². The number of fused-ring (bicyclic) bond motifs is 1. The van der Waals surface area contributed by atoms with Crippen molar-refractivity contribution >= 4 is 29.1 Å². The van der Waals surface area contributed by atoms with Crippen LogP contribution in [0.2, 0.25) is 5.02 Å². The van der Waals surface area contributed by atoms with Crippen molar-refractivity contribution in [3.8, 4) is 11.5 Å². The average Bonchev–Trinajstić information content (AvgIpc) is 3.40. The Balaban J connectivity index is 1.54. The van der Waals surface area contributed by atoms with Gasteiger partial charge in [0.25, 0.3) is 11.7 Å². The Labute approximate surface area is 195 Å². The van der Waals surface area contributed by atoms with Crippen LogP contribution < -0.4 is 9.47 Å². The number of carbonyl (C=O) groups is 2. The predicted molar refractivity (Wildman–Crippen MR) is 120 cm³/mol. The lowest BCUT2D eigenvalue weighted by molar-refractivity contribution is -0.140. The van der Waals surface area contributed by atoms with E-state index in [-0.39, 0.29) is 18.1 Å². The Kier molecular flexibility index (Phi) is 5.97. The van der Waals surface area contributed by atoms with E-state index in [4.69, 9.17) is 25.8 Å². The number of Topliss-reactive ketones (excluding diaryl/α,β-unsaturated/α-hetero) is 1. The molecule has 1 atom stereocenters. The summed E-state index contributed by atoms with van der Waals surface area (Å²) in [6.45, 7) is 3.83. The second-order valence-corrected chi connectivity index (χ2v) is 8.51. The number of hydrogen-bond donors (Lipinski definition) is 1. The van der Waals surface area contributed by atoms with Crippen molar-refractivity contribution in [3.63, 3.8) is 0 Å². The van der Waals surface area contributed by atoms with Crippen LogP contribution in [0.1, 0.15) is 17.2 Å². The number of nitrogens with zero attached hydrogens (tertiary/aromatic N) is 2. The van der Waals surface area contributed by atoms with Gasteiger partial charge in [0.05, 0.1) is 24.8 Å². The van der Waals surface area contributed by atoms with Crippen LogP contribution in [-0.2, 0) is 14.3 Å². The molecule has 3 heterocycles. The molecule has 33 heavy (non-hydrogen) atoms. The van der Waals surface area contributed by atoms with Gasteiger partial charge in [-0.1, -0.05) is 23.7 Å². The molecule has 0 unspecified atom stereocenters. The molecule has 0 spiro atoms. The van der Waals surface area contributed by atoms with Gasteiger partial charge in [0, 0.05) is 36.8 Å². The summed E-state index contributed by atoms with van der Waals surface area (Å²) >= 11 is 6.23. The van der Waals surface area contributed by atoms with Crippen molar-refractivity contribution in [1.82, 2.24) is 9.80 Å². The topological polar surface area (TPSA) is 88.5 Å². The Morgan fingerprint density at radius 1 is 1.03 bits per heavy atom. The molecular weight excluding hydrogens is 448 g/mol. The van der Waals surface area contributed by atoms with Gasteiger partial charge in [-0.2, -0.15) is 0 Å². The number of halogens is 1. The fourth-order valence-corrected chi connectivity index (χ4v) is 4.61. The molecule has 172 valence electrons. The molecule has 0 bridgehead atoms.